The number of nitrogens with zero attached hydrogens (tertiary/aromatic N) is 3. The highest BCUT2D eigenvalue weighted by Crippen LogP contribution is 2.35. The second-order valence-electron chi connectivity index (χ2n) is 8.02. The van der Waals surface area contributed by atoms with Crippen molar-refractivity contribution in [1.82, 2.24) is 5.43 Å². The van der Waals surface area contributed by atoms with Crippen molar-refractivity contribution in [1.29, 1.82) is 0 Å². The van der Waals surface area contributed by atoms with Crippen molar-refractivity contribution in [2.75, 3.05) is 24.1 Å². The van der Waals surface area contributed by atoms with E-state index in [9.17, 15) is 23.3 Å². The van der Waals surface area contributed by atoms with Crippen LogP contribution in [0.3, 0.4) is 0 Å². The average molecular weight is 603 g/mol. The summed E-state index contributed by atoms with van der Waals surface area (Å²) in [6, 6.07) is 16.6. The lowest BCUT2D eigenvalue weighted by atomic mass is 10.1. The van der Waals surface area contributed by atoms with E-state index in [4.69, 9.17) is 9.47 Å². The van der Waals surface area contributed by atoms with Gasteiger partial charge in [-0.2, -0.15) is 5.10 Å². The SMILES string of the molecule is CC/C(=N/NC(=O)CN(c1ccc(Br)cc1[N+](=O)[O-])S(=O)(=O)c1ccccc1)c1ccc2c(c1)OCCO2. The van der Waals surface area contributed by atoms with E-state index >= 15 is 0 Å². The third-order valence-corrected chi connectivity index (χ3v) is 7.81. The van der Waals surface area contributed by atoms with Crippen molar-refractivity contribution < 1.29 is 27.6 Å². The molecule has 1 aliphatic heterocycles. The normalized spacial score (nSPS) is 13.1. The number of fused-ring (bicyclic) bond motifs is 1. The van der Waals surface area contributed by atoms with Crippen LogP contribution in [-0.4, -0.2) is 44.7 Å². The molecule has 0 aromatic heterocycles. The standard InChI is InChI=1S/C25H23BrN4O7S/c1-2-20(17-8-11-23-24(14-17)37-13-12-36-23)27-28-25(31)16-29(38(34,35)19-6-4-3-5-7-19)21-10-9-18(26)15-22(21)30(32)33/h3-11,14-15H,2,12-13,16H2,1H3,(H,28,31)/b27-20-. The van der Waals surface area contributed by atoms with Crippen molar-refractivity contribution in [3.63, 3.8) is 0 Å². The van der Waals surface area contributed by atoms with Crippen LogP contribution in [0.1, 0.15) is 18.9 Å². The van der Waals surface area contributed by atoms with Crippen LogP contribution in [0.15, 0.2) is 81.2 Å². The second-order valence-corrected chi connectivity index (χ2v) is 10.8. The first kappa shape index (κ1) is 27.1. The zero-order valence-corrected chi connectivity index (χ0v) is 22.6. The minimum atomic E-state index is -4.35. The van der Waals surface area contributed by atoms with Crippen LogP contribution in [0.25, 0.3) is 0 Å². The minimum Gasteiger partial charge on any atom is -0.486 e. The number of nitro benzene ring substituents is 1. The molecule has 1 N–H and O–H groups in total. The topological polar surface area (TPSA) is 140 Å². The number of hydrogen-bond acceptors (Lipinski definition) is 8. The maximum Gasteiger partial charge on any atom is 0.294 e. The Labute approximate surface area is 227 Å². The molecule has 3 aromatic carbocycles. The zero-order chi connectivity index (χ0) is 27.3. The fraction of sp³-hybridized carbons (Fsp3) is 0.200. The van der Waals surface area contributed by atoms with Crippen molar-refractivity contribution in [2.24, 2.45) is 5.10 Å². The molecule has 0 atom stereocenters. The van der Waals surface area contributed by atoms with Crippen molar-refractivity contribution in [3.05, 3.63) is 86.9 Å². The van der Waals surface area contributed by atoms with E-state index in [1.807, 2.05) is 6.92 Å². The second kappa shape index (κ2) is 11.6. The van der Waals surface area contributed by atoms with E-state index in [0.717, 1.165) is 0 Å². The summed E-state index contributed by atoms with van der Waals surface area (Å²) < 4.78 is 39.3. The van der Waals surface area contributed by atoms with Gasteiger partial charge in [-0.05, 0) is 48.9 Å². The Morgan fingerprint density at radius 3 is 2.47 bits per heavy atom. The van der Waals surface area contributed by atoms with E-state index in [0.29, 0.717) is 51.2 Å². The number of anilines is 1. The van der Waals surface area contributed by atoms with Gasteiger partial charge in [0.25, 0.3) is 21.6 Å². The van der Waals surface area contributed by atoms with Crippen LogP contribution >= 0.6 is 15.9 Å². The van der Waals surface area contributed by atoms with E-state index in [1.165, 1.54) is 42.5 Å². The number of nitro groups is 1. The van der Waals surface area contributed by atoms with Crippen LogP contribution < -0.4 is 19.2 Å². The van der Waals surface area contributed by atoms with Gasteiger partial charge < -0.3 is 9.47 Å². The highest BCUT2D eigenvalue weighted by molar-refractivity contribution is 9.10. The molecule has 0 fully saturated rings. The summed E-state index contributed by atoms with van der Waals surface area (Å²) in [4.78, 5) is 23.9. The number of hydrogen-bond donors (Lipinski definition) is 1. The van der Waals surface area contributed by atoms with Crippen LogP contribution in [0.5, 0.6) is 11.5 Å². The Bertz CT molecular complexity index is 1500. The van der Waals surface area contributed by atoms with E-state index in [-0.39, 0.29) is 10.6 Å². The van der Waals surface area contributed by atoms with Crippen LogP contribution in [0.4, 0.5) is 11.4 Å². The van der Waals surface area contributed by atoms with Crippen molar-refractivity contribution in [3.8, 4) is 11.5 Å². The number of amides is 1. The van der Waals surface area contributed by atoms with E-state index < -0.39 is 33.1 Å². The molecule has 0 bridgehead atoms. The maximum atomic E-state index is 13.5. The molecule has 0 saturated heterocycles. The van der Waals surface area contributed by atoms with Gasteiger partial charge in [0, 0.05) is 16.1 Å². The van der Waals surface area contributed by atoms with Gasteiger partial charge in [-0.25, -0.2) is 18.1 Å². The summed E-state index contributed by atoms with van der Waals surface area (Å²) in [5, 5.41) is 16.0. The number of carbonyl (C=O) groups is 1. The summed E-state index contributed by atoms with van der Waals surface area (Å²) in [7, 11) is -4.35. The molecule has 11 nitrogen and oxygen atoms in total. The summed E-state index contributed by atoms with van der Waals surface area (Å²) in [6.07, 6.45) is 0.449. The van der Waals surface area contributed by atoms with Gasteiger partial charge in [-0.15, -0.1) is 0 Å². The molecular formula is C25H23BrN4O7S. The number of halogens is 1. The summed E-state index contributed by atoms with van der Waals surface area (Å²) in [5.41, 5.74) is 2.85. The number of carbonyl (C=O) groups excluding carboxylic acids is 1. The van der Waals surface area contributed by atoms with Crippen LogP contribution in [0.2, 0.25) is 0 Å². The third kappa shape index (κ3) is 5.94. The number of nitrogens with one attached hydrogen (secondary N) is 1. The van der Waals surface area contributed by atoms with Gasteiger partial charge in [0.15, 0.2) is 11.5 Å². The Morgan fingerprint density at radius 1 is 1.08 bits per heavy atom. The number of benzene rings is 3. The van der Waals surface area contributed by atoms with Gasteiger partial charge in [-0.3, -0.25) is 14.9 Å². The predicted octanol–water partition coefficient (Wildman–Crippen LogP) is 4.25. The lowest BCUT2D eigenvalue weighted by Gasteiger charge is -2.23. The van der Waals surface area contributed by atoms with E-state index in [2.05, 4.69) is 26.5 Å². The Balaban J connectivity index is 1.65. The molecule has 1 heterocycles. The average Bonchev–Trinajstić information content (AvgIpc) is 2.92. The predicted molar refractivity (Wildman–Crippen MR) is 144 cm³/mol. The quantitative estimate of drug-likeness (QED) is 0.219. The summed E-state index contributed by atoms with van der Waals surface area (Å²) >= 11 is 3.17. The lowest BCUT2D eigenvalue weighted by molar-refractivity contribution is -0.384. The Kier molecular flexibility index (Phi) is 8.27. The van der Waals surface area contributed by atoms with Crippen LogP contribution in [-0.2, 0) is 14.8 Å². The largest absolute Gasteiger partial charge is 0.486 e. The zero-order valence-electron chi connectivity index (χ0n) is 20.2. The molecular weight excluding hydrogens is 580 g/mol. The highest BCUT2D eigenvalue weighted by atomic mass is 79.9. The molecule has 0 radical (unpaired) electrons. The fourth-order valence-corrected chi connectivity index (χ4v) is 5.54. The van der Waals surface area contributed by atoms with Gasteiger partial charge >= 0.3 is 0 Å². The van der Waals surface area contributed by atoms with E-state index in [1.54, 1.807) is 24.3 Å². The fourth-order valence-electron chi connectivity index (χ4n) is 3.74. The molecule has 0 saturated carbocycles. The summed E-state index contributed by atoms with van der Waals surface area (Å²) in [5.74, 6) is 0.381. The van der Waals surface area contributed by atoms with Crippen LogP contribution in [0, 0.1) is 10.1 Å². The molecule has 198 valence electrons. The molecule has 1 amide bonds. The van der Waals surface area contributed by atoms with Gasteiger partial charge in [0.1, 0.15) is 25.4 Å². The molecule has 4 rings (SSSR count). The number of ether oxygens (including phenoxy) is 2. The van der Waals surface area contributed by atoms with Crippen molar-refractivity contribution in [2.45, 2.75) is 18.2 Å². The number of hydrazone groups is 1. The first-order valence-corrected chi connectivity index (χ1v) is 13.7. The molecule has 0 unspecified atom stereocenters. The molecule has 38 heavy (non-hydrogen) atoms. The summed E-state index contributed by atoms with van der Waals surface area (Å²) in [6.45, 7) is 1.97. The molecule has 1 aliphatic rings. The monoisotopic (exact) mass is 602 g/mol. The number of rotatable bonds is 9. The lowest BCUT2D eigenvalue weighted by Crippen LogP contribution is -2.40. The first-order chi connectivity index (χ1) is 18.2. The van der Waals surface area contributed by atoms with Gasteiger partial charge in [0.2, 0.25) is 0 Å². The van der Waals surface area contributed by atoms with Gasteiger partial charge in [0.05, 0.1) is 15.5 Å². The smallest absolute Gasteiger partial charge is 0.294 e. The molecule has 0 spiro atoms. The minimum absolute atomic E-state index is 0.126. The Morgan fingerprint density at radius 2 is 1.79 bits per heavy atom. The molecule has 13 heteroatoms. The maximum absolute atomic E-state index is 13.5. The van der Waals surface area contributed by atoms with Gasteiger partial charge in [-0.1, -0.05) is 41.1 Å². The third-order valence-electron chi connectivity index (χ3n) is 5.55. The Hall–Kier alpha value is -3.97. The first-order valence-electron chi connectivity index (χ1n) is 11.5. The highest BCUT2D eigenvalue weighted by Gasteiger charge is 2.32. The number of sulfonamides is 1. The molecule has 0 aliphatic carbocycles. The van der Waals surface area contributed by atoms with Crippen molar-refractivity contribution >= 4 is 48.9 Å². The molecule has 3 aromatic rings.